The summed E-state index contributed by atoms with van der Waals surface area (Å²) in [7, 11) is 1.62. The number of thiazole rings is 1. The highest BCUT2D eigenvalue weighted by Gasteiger charge is 2.32. The van der Waals surface area contributed by atoms with Crippen LogP contribution in [0.25, 0.3) is 0 Å². The molecule has 0 aliphatic carbocycles. The molecule has 1 aromatic heterocycles. The van der Waals surface area contributed by atoms with Gasteiger partial charge in [-0.25, -0.2) is 14.6 Å². The topological polar surface area (TPSA) is 90.0 Å². The van der Waals surface area contributed by atoms with E-state index in [2.05, 4.69) is 15.2 Å². The van der Waals surface area contributed by atoms with Crippen LogP contribution >= 0.6 is 11.3 Å². The second-order valence-corrected chi connectivity index (χ2v) is 8.12. The van der Waals surface area contributed by atoms with Crippen LogP contribution in [-0.2, 0) is 20.8 Å². The highest BCUT2D eigenvalue weighted by molar-refractivity contribution is 7.15. The van der Waals surface area contributed by atoms with Crippen molar-refractivity contribution in [2.75, 3.05) is 31.7 Å². The Labute approximate surface area is 180 Å². The second kappa shape index (κ2) is 10.4. The van der Waals surface area contributed by atoms with Crippen LogP contribution in [0.1, 0.15) is 34.3 Å². The fourth-order valence-corrected chi connectivity index (χ4v) is 4.25. The SMILES string of the molecule is CCOC(=O)c1nc(N2CCC(NC(=O)OCc3ccccc3)C(OC)C2)sc1C. The third-order valence-electron chi connectivity index (χ3n) is 4.90. The van der Waals surface area contributed by atoms with E-state index in [4.69, 9.17) is 14.2 Å². The number of alkyl carbamates (subject to hydrolysis) is 1. The van der Waals surface area contributed by atoms with E-state index in [0.717, 1.165) is 15.6 Å². The molecule has 30 heavy (non-hydrogen) atoms. The largest absolute Gasteiger partial charge is 0.461 e. The molecule has 0 saturated carbocycles. The molecule has 1 N–H and O–H groups in total. The van der Waals surface area contributed by atoms with Crippen molar-refractivity contribution in [1.82, 2.24) is 10.3 Å². The van der Waals surface area contributed by atoms with Crippen molar-refractivity contribution in [3.63, 3.8) is 0 Å². The summed E-state index contributed by atoms with van der Waals surface area (Å²) in [6.07, 6.45) is -0.0147. The first-order valence-corrected chi connectivity index (χ1v) is 10.7. The molecule has 0 radical (unpaired) electrons. The molecule has 1 saturated heterocycles. The number of piperidine rings is 1. The number of methoxy groups -OCH3 is 1. The van der Waals surface area contributed by atoms with Crippen molar-refractivity contribution in [2.45, 2.75) is 39.0 Å². The van der Waals surface area contributed by atoms with Gasteiger partial charge in [0.1, 0.15) is 6.61 Å². The number of carbonyl (C=O) groups excluding carboxylic acids is 2. The van der Waals surface area contributed by atoms with E-state index in [1.807, 2.05) is 37.3 Å². The van der Waals surface area contributed by atoms with Gasteiger partial charge >= 0.3 is 12.1 Å². The number of anilines is 1. The maximum atomic E-state index is 12.2. The van der Waals surface area contributed by atoms with Crippen LogP contribution in [0.3, 0.4) is 0 Å². The van der Waals surface area contributed by atoms with Crippen LogP contribution in [-0.4, -0.2) is 56.0 Å². The normalized spacial score (nSPS) is 18.7. The minimum Gasteiger partial charge on any atom is -0.461 e. The van der Waals surface area contributed by atoms with Crippen molar-refractivity contribution in [1.29, 1.82) is 0 Å². The lowest BCUT2D eigenvalue weighted by Gasteiger charge is -2.37. The van der Waals surface area contributed by atoms with Gasteiger partial charge in [0, 0.05) is 25.1 Å². The molecule has 162 valence electrons. The van der Waals surface area contributed by atoms with E-state index < -0.39 is 12.1 Å². The lowest BCUT2D eigenvalue weighted by Crippen LogP contribution is -2.55. The first-order chi connectivity index (χ1) is 14.5. The Hall–Kier alpha value is -2.65. The van der Waals surface area contributed by atoms with E-state index in [0.29, 0.717) is 31.8 Å². The van der Waals surface area contributed by atoms with Gasteiger partial charge in [0.05, 0.1) is 18.8 Å². The van der Waals surface area contributed by atoms with Crippen LogP contribution < -0.4 is 10.2 Å². The van der Waals surface area contributed by atoms with Gasteiger partial charge in [-0.1, -0.05) is 30.3 Å². The van der Waals surface area contributed by atoms with Gasteiger partial charge in [-0.2, -0.15) is 0 Å². The molecule has 3 rings (SSSR count). The summed E-state index contributed by atoms with van der Waals surface area (Å²) in [5, 5.41) is 3.66. The lowest BCUT2D eigenvalue weighted by atomic mass is 10.0. The van der Waals surface area contributed by atoms with Crippen LogP contribution in [0.4, 0.5) is 9.93 Å². The zero-order valence-electron chi connectivity index (χ0n) is 17.4. The molecule has 1 amide bonds. The number of amides is 1. The van der Waals surface area contributed by atoms with Gasteiger partial charge < -0.3 is 24.4 Å². The maximum Gasteiger partial charge on any atom is 0.407 e. The molecule has 2 aromatic rings. The third-order valence-corrected chi connectivity index (χ3v) is 5.93. The highest BCUT2D eigenvalue weighted by Crippen LogP contribution is 2.29. The Kier molecular flexibility index (Phi) is 7.64. The van der Waals surface area contributed by atoms with Gasteiger partial charge in [0.2, 0.25) is 0 Å². The lowest BCUT2D eigenvalue weighted by molar-refractivity contribution is 0.0517. The van der Waals surface area contributed by atoms with Gasteiger partial charge in [0.15, 0.2) is 10.8 Å². The number of nitrogens with one attached hydrogen (secondary N) is 1. The van der Waals surface area contributed by atoms with Crippen molar-refractivity contribution in [2.24, 2.45) is 0 Å². The van der Waals surface area contributed by atoms with E-state index in [1.54, 1.807) is 14.0 Å². The van der Waals surface area contributed by atoms with Crippen molar-refractivity contribution >= 4 is 28.5 Å². The van der Waals surface area contributed by atoms with Crippen LogP contribution in [0.2, 0.25) is 0 Å². The Morgan fingerprint density at radius 2 is 2.03 bits per heavy atom. The molecule has 1 aromatic carbocycles. The quantitative estimate of drug-likeness (QED) is 0.671. The summed E-state index contributed by atoms with van der Waals surface area (Å²) in [5.41, 5.74) is 1.29. The Balaban J connectivity index is 1.56. The molecule has 1 fully saturated rings. The van der Waals surface area contributed by atoms with Crippen molar-refractivity contribution in [3.05, 3.63) is 46.5 Å². The number of nitrogens with zero attached hydrogens (tertiary/aromatic N) is 2. The Morgan fingerprint density at radius 1 is 1.27 bits per heavy atom. The van der Waals surface area contributed by atoms with Gasteiger partial charge in [-0.15, -0.1) is 11.3 Å². The van der Waals surface area contributed by atoms with E-state index in [9.17, 15) is 9.59 Å². The monoisotopic (exact) mass is 433 g/mol. The number of aromatic nitrogens is 1. The number of aryl methyl sites for hydroxylation is 1. The predicted octanol–water partition coefficient (Wildman–Crippen LogP) is 3.15. The zero-order chi connectivity index (χ0) is 21.5. The molecule has 2 atom stereocenters. The van der Waals surface area contributed by atoms with E-state index in [1.165, 1.54) is 11.3 Å². The summed E-state index contributed by atoms with van der Waals surface area (Å²) in [4.78, 5) is 31.6. The van der Waals surface area contributed by atoms with Gasteiger partial charge in [0.25, 0.3) is 0 Å². The number of rotatable bonds is 7. The summed E-state index contributed by atoms with van der Waals surface area (Å²) in [6.45, 7) is 5.39. The Morgan fingerprint density at radius 3 is 2.73 bits per heavy atom. The fraction of sp³-hybridized carbons (Fsp3) is 0.476. The molecule has 1 aliphatic heterocycles. The number of benzene rings is 1. The summed E-state index contributed by atoms with van der Waals surface area (Å²) in [5.74, 6) is -0.404. The van der Waals surface area contributed by atoms with Crippen LogP contribution in [0.15, 0.2) is 30.3 Å². The molecular weight excluding hydrogens is 406 g/mol. The number of hydrogen-bond donors (Lipinski definition) is 1. The van der Waals surface area contributed by atoms with Gasteiger partial charge in [-0.05, 0) is 25.8 Å². The highest BCUT2D eigenvalue weighted by atomic mass is 32.1. The van der Waals surface area contributed by atoms with E-state index in [-0.39, 0.29) is 18.8 Å². The first-order valence-electron chi connectivity index (χ1n) is 9.91. The summed E-state index contributed by atoms with van der Waals surface area (Å²) < 4.78 is 16.0. The molecule has 2 heterocycles. The molecule has 2 unspecified atom stereocenters. The first kappa shape index (κ1) is 22.0. The molecule has 9 heteroatoms. The number of hydrogen-bond acceptors (Lipinski definition) is 8. The number of esters is 1. The number of carbonyl (C=O) groups is 2. The molecule has 1 aliphatic rings. The van der Waals surface area contributed by atoms with Crippen LogP contribution in [0, 0.1) is 6.92 Å². The summed E-state index contributed by atoms with van der Waals surface area (Å²) in [6, 6.07) is 9.37. The van der Waals surface area contributed by atoms with E-state index >= 15 is 0 Å². The minimum absolute atomic E-state index is 0.167. The molecule has 0 spiro atoms. The Bertz CT molecular complexity index is 858. The zero-order valence-corrected chi connectivity index (χ0v) is 18.2. The molecular formula is C21H27N3O5S. The molecule has 8 nitrogen and oxygen atoms in total. The summed E-state index contributed by atoms with van der Waals surface area (Å²) >= 11 is 1.45. The average molecular weight is 434 g/mol. The minimum atomic E-state index is -0.464. The fourth-order valence-electron chi connectivity index (χ4n) is 3.32. The smallest absolute Gasteiger partial charge is 0.407 e. The predicted molar refractivity (Wildman–Crippen MR) is 114 cm³/mol. The van der Waals surface area contributed by atoms with Crippen molar-refractivity contribution in [3.8, 4) is 0 Å². The van der Waals surface area contributed by atoms with Crippen LogP contribution in [0.5, 0.6) is 0 Å². The average Bonchev–Trinajstić information content (AvgIpc) is 3.15. The number of ether oxygens (including phenoxy) is 3. The second-order valence-electron chi connectivity index (χ2n) is 6.94. The van der Waals surface area contributed by atoms with Crippen molar-refractivity contribution < 1.29 is 23.8 Å². The van der Waals surface area contributed by atoms with Gasteiger partial charge in [-0.3, -0.25) is 0 Å². The maximum absolute atomic E-state index is 12.2. The molecule has 0 bridgehead atoms. The standard InChI is InChI=1S/C21H27N3O5S/c1-4-28-19(25)18-14(2)30-20(23-18)24-11-10-16(17(12-24)27-3)22-21(26)29-13-15-8-6-5-7-9-15/h5-9,16-17H,4,10-13H2,1-3H3,(H,22,26). The third kappa shape index (κ3) is 5.48.